The van der Waals surface area contributed by atoms with Gasteiger partial charge in [-0.1, -0.05) is 0 Å². The van der Waals surface area contributed by atoms with E-state index in [4.69, 9.17) is 23.2 Å². The first-order valence-corrected chi connectivity index (χ1v) is 7.10. The molecule has 0 saturated heterocycles. The number of hydrogen-bond acceptors (Lipinski definition) is 2. The van der Waals surface area contributed by atoms with Crippen LogP contribution in [0.3, 0.4) is 0 Å². The second-order valence-electron chi connectivity index (χ2n) is 4.24. The molecule has 0 aliphatic rings. The van der Waals surface area contributed by atoms with Crippen molar-refractivity contribution in [1.82, 2.24) is 4.90 Å². The van der Waals surface area contributed by atoms with Crippen LogP contribution in [0.1, 0.15) is 0 Å². The molecule has 0 aliphatic heterocycles. The van der Waals surface area contributed by atoms with E-state index in [2.05, 4.69) is 10.2 Å². The zero-order chi connectivity index (χ0) is 14.3. The molecular weight excluding hydrogens is 285 g/mol. The third-order valence-electron chi connectivity index (χ3n) is 2.60. The van der Waals surface area contributed by atoms with E-state index < -0.39 is 0 Å². The van der Waals surface area contributed by atoms with Crippen molar-refractivity contribution in [3.63, 3.8) is 0 Å². The number of nitrogens with one attached hydrogen (secondary N) is 1. The van der Waals surface area contributed by atoms with Gasteiger partial charge in [-0.3, -0.25) is 0 Å². The molecule has 0 saturated carbocycles. The highest BCUT2D eigenvalue weighted by Gasteiger charge is 2.07. The smallest absolute Gasteiger partial charge is 0.321 e. The largest absolute Gasteiger partial charge is 0.369 e. The molecule has 1 aromatic carbocycles. The van der Waals surface area contributed by atoms with Crippen LogP contribution in [0.5, 0.6) is 0 Å². The number of halogens is 2. The van der Waals surface area contributed by atoms with Gasteiger partial charge in [-0.2, -0.15) is 0 Å². The lowest BCUT2D eigenvalue weighted by Crippen LogP contribution is -2.28. The summed E-state index contributed by atoms with van der Waals surface area (Å²) < 4.78 is 0. The first kappa shape index (κ1) is 15.9. The van der Waals surface area contributed by atoms with Crippen LogP contribution in [0.15, 0.2) is 24.3 Å². The first-order chi connectivity index (χ1) is 9.08. The normalized spacial score (nSPS) is 10.1. The predicted molar refractivity (Wildman–Crippen MR) is 82.8 cm³/mol. The van der Waals surface area contributed by atoms with Gasteiger partial charge in [0.1, 0.15) is 0 Å². The molecular formula is C13H19Cl2N3O. The third kappa shape index (κ3) is 5.17. The Hall–Kier alpha value is -1.13. The van der Waals surface area contributed by atoms with E-state index in [1.807, 2.05) is 24.3 Å². The zero-order valence-corrected chi connectivity index (χ0v) is 12.7. The lowest BCUT2D eigenvalue weighted by molar-refractivity contribution is 0.230. The summed E-state index contributed by atoms with van der Waals surface area (Å²) in [6, 6.07) is 7.48. The molecule has 1 rings (SSSR count). The molecule has 0 aliphatic carbocycles. The maximum absolute atomic E-state index is 11.5. The first-order valence-electron chi connectivity index (χ1n) is 6.03. The van der Waals surface area contributed by atoms with Gasteiger partial charge in [-0.05, 0) is 24.3 Å². The fourth-order valence-corrected chi connectivity index (χ4v) is 1.97. The fraction of sp³-hybridized carbons (Fsp3) is 0.462. The van der Waals surface area contributed by atoms with Crippen molar-refractivity contribution in [2.75, 3.05) is 49.2 Å². The van der Waals surface area contributed by atoms with Crippen molar-refractivity contribution >= 4 is 40.6 Å². The van der Waals surface area contributed by atoms with Crippen LogP contribution in [0.25, 0.3) is 0 Å². The molecule has 0 aromatic heterocycles. The van der Waals surface area contributed by atoms with Gasteiger partial charge in [0.05, 0.1) is 0 Å². The molecule has 2 amide bonds. The second kappa shape index (κ2) is 8.12. The lowest BCUT2D eigenvalue weighted by atomic mass is 10.2. The zero-order valence-electron chi connectivity index (χ0n) is 11.2. The molecule has 4 nitrogen and oxygen atoms in total. The quantitative estimate of drug-likeness (QED) is 0.820. The number of carbonyl (C=O) groups is 1. The van der Waals surface area contributed by atoms with Gasteiger partial charge >= 0.3 is 6.03 Å². The second-order valence-corrected chi connectivity index (χ2v) is 4.99. The van der Waals surface area contributed by atoms with Crippen LogP contribution >= 0.6 is 23.2 Å². The summed E-state index contributed by atoms with van der Waals surface area (Å²) in [6.07, 6.45) is 0. The van der Waals surface area contributed by atoms with Crippen molar-refractivity contribution in [2.45, 2.75) is 0 Å². The van der Waals surface area contributed by atoms with E-state index >= 15 is 0 Å². The van der Waals surface area contributed by atoms with Crippen molar-refractivity contribution in [2.24, 2.45) is 0 Å². The van der Waals surface area contributed by atoms with E-state index in [1.165, 1.54) is 4.90 Å². The Morgan fingerprint density at radius 2 is 1.63 bits per heavy atom. The molecule has 0 spiro atoms. The maximum atomic E-state index is 11.5. The number of urea groups is 1. The monoisotopic (exact) mass is 303 g/mol. The van der Waals surface area contributed by atoms with Gasteiger partial charge in [0.2, 0.25) is 0 Å². The van der Waals surface area contributed by atoms with Crippen LogP contribution in [0.2, 0.25) is 0 Å². The van der Waals surface area contributed by atoms with Crippen LogP contribution in [0.4, 0.5) is 16.2 Å². The number of nitrogens with zero attached hydrogens (tertiary/aromatic N) is 2. The van der Waals surface area contributed by atoms with Crippen molar-refractivity contribution in [3.8, 4) is 0 Å². The maximum Gasteiger partial charge on any atom is 0.321 e. The van der Waals surface area contributed by atoms with E-state index in [1.54, 1.807) is 14.1 Å². The third-order valence-corrected chi connectivity index (χ3v) is 2.94. The van der Waals surface area contributed by atoms with Gasteiger partial charge in [-0.25, -0.2) is 4.79 Å². The molecule has 0 atom stereocenters. The summed E-state index contributed by atoms with van der Waals surface area (Å²) in [5, 5.41) is 2.79. The number of rotatable bonds is 6. The molecule has 19 heavy (non-hydrogen) atoms. The Balaban J connectivity index is 2.71. The molecule has 1 aromatic rings. The summed E-state index contributed by atoms with van der Waals surface area (Å²) >= 11 is 11.5. The average Bonchev–Trinajstić information content (AvgIpc) is 2.39. The highest BCUT2D eigenvalue weighted by molar-refractivity contribution is 6.18. The molecule has 0 fully saturated rings. The summed E-state index contributed by atoms with van der Waals surface area (Å²) in [6.45, 7) is 1.50. The molecule has 106 valence electrons. The Bertz CT molecular complexity index is 389. The van der Waals surface area contributed by atoms with E-state index in [9.17, 15) is 4.79 Å². The average molecular weight is 304 g/mol. The Morgan fingerprint density at radius 1 is 1.11 bits per heavy atom. The van der Waals surface area contributed by atoms with Crippen LogP contribution in [-0.2, 0) is 0 Å². The minimum Gasteiger partial charge on any atom is -0.369 e. The molecule has 0 bridgehead atoms. The van der Waals surface area contributed by atoms with Crippen molar-refractivity contribution < 1.29 is 4.79 Å². The molecule has 0 radical (unpaired) electrons. The minimum atomic E-state index is -0.147. The SMILES string of the molecule is CN(C)C(=O)Nc1ccc(N(CCCl)CCCl)cc1. The van der Waals surface area contributed by atoms with E-state index in [0.717, 1.165) is 24.5 Å². The van der Waals surface area contributed by atoms with Crippen LogP contribution in [-0.4, -0.2) is 49.9 Å². The summed E-state index contributed by atoms with van der Waals surface area (Å²) in [5.41, 5.74) is 1.81. The molecule has 1 N–H and O–H groups in total. The number of hydrogen-bond donors (Lipinski definition) is 1. The van der Waals surface area contributed by atoms with E-state index in [0.29, 0.717) is 11.8 Å². The Morgan fingerprint density at radius 3 is 2.05 bits per heavy atom. The van der Waals surface area contributed by atoms with Crippen LogP contribution < -0.4 is 10.2 Å². The van der Waals surface area contributed by atoms with Gasteiger partial charge < -0.3 is 15.1 Å². The highest BCUT2D eigenvalue weighted by atomic mass is 35.5. The predicted octanol–water partition coefficient (Wildman–Crippen LogP) is 3.06. The molecule has 0 heterocycles. The Labute approximate surface area is 124 Å². The summed E-state index contributed by atoms with van der Waals surface area (Å²) in [4.78, 5) is 15.1. The lowest BCUT2D eigenvalue weighted by Gasteiger charge is -2.23. The fourth-order valence-electron chi connectivity index (χ4n) is 1.56. The summed E-state index contributed by atoms with van der Waals surface area (Å²) in [5.74, 6) is 1.10. The van der Waals surface area contributed by atoms with Gasteiger partial charge in [0, 0.05) is 50.3 Å². The topological polar surface area (TPSA) is 35.6 Å². The number of carbonyl (C=O) groups excluding carboxylic acids is 1. The number of benzene rings is 1. The number of anilines is 2. The van der Waals surface area contributed by atoms with Crippen molar-refractivity contribution in [1.29, 1.82) is 0 Å². The van der Waals surface area contributed by atoms with Crippen LogP contribution in [0, 0.1) is 0 Å². The van der Waals surface area contributed by atoms with Gasteiger partial charge in [0.25, 0.3) is 0 Å². The number of alkyl halides is 2. The number of amides is 2. The molecule has 6 heteroatoms. The Kier molecular flexibility index (Phi) is 6.81. The van der Waals surface area contributed by atoms with Gasteiger partial charge in [0.15, 0.2) is 0 Å². The molecule has 0 unspecified atom stereocenters. The minimum absolute atomic E-state index is 0.147. The van der Waals surface area contributed by atoms with E-state index in [-0.39, 0.29) is 6.03 Å². The highest BCUT2D eigenvalue weighted by Crippen LogP contribution is 2.18. The standard InChI is InChI=1S/C13H19Cl2N3O/c1-17(2)13(19)16-11-3-5-12(6-4-11)18(9-7-14)10-8-15/h3-6H,7-10H2,1-2H3,(H,16,19). The summed E-state index contributed by atoms with van der Waals surface area (Å²) in [7, 11) is 3.40. The van der Waals surface area contributed by atoms with Crippen molar-refractivity contribution in [3.05, 3.63) is 24.3 Å². The van der Waals surface area contributed by atoms with Gasteiger partial charge in [-0.15, -0.1) is 23.2 Å².